The Bertz CT molecular complexity index is 116. The third-order valence-electron chi connectivity index (χ3n) is 1.21. The monoisotopic (exact) mass is 143 g/mol. The van der Waals surface area contributed by atoms with Crippen molar-refractivity contribution >= 4 is 6.21 Å². The Hall–Kier alpha value is -0.370. The highest BCUT2D eigenvalue weighted by Gasteiger charge is 2.11. The summed E-state index contributed by atoms with van der Waals surface area (Å²) in [7, 11) is 1.69. The number of rotatable bonds is 3. The van der Waals surface area contributed by atoms with Crippen molar-refractivity contribution in [2.24, 2.45) is 4.99 Å². The minimum Gasteiger partial charge on any atom is -0.373 e. The highest BCUT2D eigenvalue weighted by molar-refractivity contribution is 5.67. The zero-order valence-corrected chi connectivity index (χ0v) is 7.51. The van der Waals surface area contributed by atoms with E-state index in [9.17, 15) is 0 Å². The minimum atomic E-state index is -0.218. The second kappa shape index (κ2) is 3.71. The molecule has 10 heavy (non-hydrogen) atoms. The lowest BCUT2D eigenvalue weighted by molar-refractivity contribution is 0.0868. The van der Waals surface area contributed by atoms with Gasteiger partial charge in [0.25, 0.3) is 0 Å². The van der Waals surface area contributed by atoms with Crippen molar-refractivity contribution in [3.05, 3.63) is 0 Å². The molecular weight excluding hydrogens is 126 g/mol. The fraction of sp³-hybridized carbons (Fsp3) is 0.875. The van der Waals surface area contributed by atoms with Crippen LogP contribution in [-0.4, -0.2) is 25.0 Å². The first-order chi connectivity index (χ1) is 4.48. The van der Waals surface area contributed by atoms with Crippen LogP contribution in [0, 0.1) is 0 Å². The highest BCUT2D eigenvalue weighted by atomic mass is 16.5. The molecular formula is C8H17NO. The molecule has 2 nitrogen and oxygen atoms in total. The second-order valence-corrected chi connectivity index (χ2v) is 3.18. The van der Waals surface area contributed by atoms with E-state index < -0.39 is 0 Å². The molecule has 2 heteroatoms. The molecule has 0 spiro atoms. The van der Waals surface area contributed by atoms with Crippen molar-refractivity contribution in [1.82, 2.24) is 0 Å². The van der Waals surface area contributed by atoms with E-state index in [4.69, 9.17) is 4.74 Å². The standard InChI is InChI=1S/C8H17NO/c1-7(2)9-6-8(3,4)10-5/h6-7H,1-5H3. The van der Waals surface area contributed by atoms with E-state index in [1.165, 1.54) is 0 Å². The van der Waals surface area contributed by atoms with Crippen LogP contribution in [0.3, 0.4) is 0 Å². The van der Waals surface area contributed by atoms with Gasteiger partial charge < -0.3 is 4.74 Å². The second-order valence-electron chi connectivity index (χ2n) is 3.18. The molecule has 0 unspecified atom stereocenters. The molecule has 0 aliphatic rings. The van der Waals surface area contributed by atoms with Crippen LogP contribution in [0.5, 0.6) is 0 Å². The first kappa shape index (κ1) is 9.63. The summed E-state index contributed by atoms with van der Waals surface area (Å²) in [5.41, 5.74) is -0.218. The minimum absolute atomic E-state index is 0.218. The highest BCUT2D eigenvalue weighted by Crippen LogP contribution is 2.03. The normalized spacial score (nSPS) is 13.4. The molecule has 0 aliphatic carbocycles. The van der Waals surface area contributed by atoms with E-state index in [1.54, 1.807) is 7.11 Å². The van der Waals surface area contributed by atoms with Gasteiger partial charge in [-0.1, -0.05) is 0 Å². The van der Waals surface area contributed by atoms with E-state index in [0.29, 0.717) is 6.04 Å². The van der Waals surface area contributed by atoms with E-state index >= 15 is 0 Å². The molecule has 0 aromatic carbocycles. The third kappa shape index (κ3) is 4.50. The summed E-state index contributed by atoms with van der Waals surface area (Å²) >= 11 is 0. The molecule has 0 rings (SSSR count). The van der Waals surface area contributed by atoms with Gasteiger partial charge in [0.15, 0.2) is 0 Å². The predicted octanol–water partition coefficient (Wildman–Crippen LogP) is 1.89. The van der Waals surface area contributed by atoms with Gasteiger partial charge in [0, 0.05) is 19.4 Å². The maximum absolute atomic E-state index is 5.14. The SMILES string of the molecule is COC(C)(C)C=NC(C)C. The number of hydrogen-bond donors (Lipinski definition) is 0. The van der Waals surface area contributed by atoms with Gasteiger partial charge in [-0.05, 0) is 27.7 Å². The van der Waals surface area contributed by atoms with E-state index in [-0.39, 0.29) is 5.60 Å². The molecule has 0 saturated heterocycles. The van der Waals surface area contributed by atoms with Crippen LogP contribution in [0.15, 0.2) is 4.99 Å². The smallest absolute Gasteiger partial charge is 0.0967 e. The lowest BCUT2D eigenvalue weighted by atomic mass is 10.2. The zero-order valence-electron chi connectivity index (χ0n) is 7.51. The largest absolute Gasteiger partial charge is 0.373 e. The summed E-state index contributed by atoms with van der Waals surface area (Å²) in [5, 5.41) is 0. The molecule has 0 aliphatic heterocycles. The van der Waals surface area contributed by atoms with Crippen molar-refractivity contribution < 1.29 is 4.74 Å². The summed E-state index contributed by atoms with van der Waals surface area (Å²) < 4.78 is 5.14. The van der Waals surface area contributed by atoms with Gasteiger partial charge in [-0.15, -0.1) is 0 Å². The summed E-state index contributed by atoms with van der Waals surface area (Å²) in [6, 6.07) is 0.356. The van der Waals surface area contributed by atoms with Crippen LogP contribution in [0.1, 0.15) is 27.7 Å². The van der Waals surface area contributed by atoms with Crippen LogP contribution in [-0.2, 0) is 4.74 Å². The van der Waals surface area contributed by atoms with Crippen LogP contribution in [0.2, 0.25) is 0 Å². The lowest BCUT2D eigenvalue weighted by Crippen LogP contribution is -2.24. The Morgan fingerprint density at radius 3 is 2.20 bits per heavy atom. The third-order valence-corrected chi connectivity index (χ3v) is 1.21. The van der Waals surface area contributed by atoms with Crippen molar-refractivity contribution in [2.75, 3.05) is 7.11 Å². The van der Waals surface area contributed by atoms with Crippen LogP contribution < -0.4 is 0 Å². The van der Waals surface area contributed by atoms with Crippen molar-refractivity contribution in [3.8, 4) is 0 Å². The van der Waals surface area contributed by atoms with Gasteiger partial charge in [0.2, 0.25) is 0 Å². The number of ether oxygens (including phenoxy) is 1. The van der Waals surface area contributed by atoms with E-state index in [0.717, 1.165) is 0 Å². The average molecular weight is 143 g/mol. The fourth-order valence-electron chi connectivity index (χ4n) is 0.381. The quantitative estimate of drug-likeness (QED) is 0.553. The first-order valence-electron chi connectivity index (χ1n) is 3.57. The van der Waals surface area contributed by atoms with Crippen LogP contribution >= 0.6 is 0 Å². The number of aliphatic imine (C=N–C) groups is 1. The van der Waals surface area contributed by atoms with Crippen molar-refractivity contribution in [2.45, 2.75) is 39.3 Å². The maximum Gasteiger partial charge on any atom is 0.0967 e. The molecule has 0 bridgehead atoms. The molecule has 0 N–H and O–H groups in total. The molecule has 0 fully saturated rings. The van der Waals surface area contributed by atoms with Gasteiger partial charge in [-0.2, -0.15) is 0 Å². The topological polar surface area (TPSA) is 21.6 Å². The summed E-state index contributed by atoms with van der Waals surface area (Å²) in [6.07, 6.45) is 1.84. The van der Waals surface area contributed by atoms with Gasteiger partial charge in [-0.3, -0.25) is 4.99 Å². The average Bonchev–Trinajstić information content (AvgIpc) is 1.85. The number of nitrogens with zero attached hydrogens (tertiary/aromatic N) is 1. The van der Waals surface area contributed by atoms with Gasteiger partial charge in [-0.25, -0.2) is 0 Å². The van der Waals surface area contributed by atoms with Crippen LogP contribution in [0.4, 0.5) is 0 Å². The Morgan fingerprint density at radius 1 is 1.40 bits per heavy atom. The Labute approximate surface area is 63.3 Å². The fourth-order valence-corrected chi connectivity index (χ4v) is 0.381. The number of hydrogen-bond acceptors (Lipinski definition) is 2. The molecule has 0 atom stereocenters. The molecule has 0 aromatic heterocycles. The van der Waals surface area contributed by atoms with Crippen molar-refractivity contribution in [3.63, 3.8) is 0 Å². The van der Waals surface area contributed by atoms with Gasteiger partial charge >= 0.3 is 0 Å². The van der Waals surface area contributed by atoms with E-state index in [2.05, 4.69) is 4.99 Å². The summed E-state index contributed by atoms with van der Waals surface area (Å²) in [5.74, 6) is 0. The van der Waals surface area contributed by atoms with E-state index in [1.807, 2.05) is 33.9 Å². The number of methoxy groups -OCH3 is 1. The molecule has 0 radical (unpaired) electrons. The lowest BCUT2D eigenvalue weighted by Gasteiger charge is -2.16. The molecule has 60 valence electrons. The zero-order chi connectivity index (χ0) is 8.20. The molecule has 0 heterocycles. The van der Waals surface area contributed by atoms with Crippen molar-refractivity contribution in [1.29, 1.82) is 0 Å². The van der Waals surface area contributed by atoms with Gasteiger partial charge in [0.1, 0.15) is 0 Å². The van der Waals surface area contributed by atoms with Crippen LogP contribution in [0.25, 0.3) is 0 Å². The predicted molar refractivity (Wildman–Crippen MR) is 44.7 cm³/mol. The van der Waals surface area contributed by atoms with Gasteiger partial charge in [0.05, 0.1) is 5.60 Å². The Kier molecular flexibility index (Phi) is 3.58. The molecule has 0 aromatic rings. The summed E-state index contributed by atoms with van der Waals surface area (Å²) in [4.78, 5) is 4.22. The molecule has 0 saturated carbocycles. The Morgan fingerprint density at radius 2 is 1.90 bits per heavy atom. The summed E-state index contributed by atoms with van der Waals surface area (Å²) in [6.45, 7) is 8.06. The maximum atomic E-state index is 5.14. The molecule has 0 amide bonds. The first-order valence-corrected chi connectivity index (χ1v) is 3.57. The Balaban J connectivity index is 3.86.